The van der Waals surface area contributed by atoms with Gasteiger partial charge in [0.05, 0.1) is 11.8 Å². The van der Waals surface area contributed by atoms with Crippen LogP contribution in [0.1, 0.15) is 72.8 Å². The van der Waals surface area contributed by atoms with Crippen LogP contribution in [0.15, 0.2) is 30.3 Å². The molecule has 3 N–H and O–H groups in total. The number of thiocarbonyl (C=S) groups is 1. The van der Waals surface area contributed by atoms with Gasteiger partial charge in [-0.25, -0.2) is 8.42 Å². The molecule has 9 nitrogen and oxygen atoms in total. The van der Waals surface area contributed by atoms with Crippen LogP contribution in [0, 0.1) is 11.3 Å². The van der Waals surface area contributed by atoms with Gasteiger partial charge in [-0.1, -0.05) is 84.1 Å². The minimum absolute atomic E-state index is 0.175. The van der Waals surface area contributed by atoms with E-state index in [2.05, 4.69) is 27.6 Å². The van der Waals surface area contributed by atoms with Crippen molar-refractivity contribution < 1.29 is 22.8 Å². The molecule has 1 aromatic carbocycles. The van der Waals surface area contributed by atoms with E-state index in [9.17, 15) is 22.8 Å². The van der Waals surface area contributed by atoms with Gasteiger partial charge >= 0.3 is 0 Å². The Labute approximate surface area is 245 Å². The monoisotopic (exact) mass is 594 g/mol. The molecule has 1 aromatic rings. The van der Waals surface area contributed by atoms with E-state index in [1.54, 1.807) is 18.9 Å². The Morgan fingerprint density at radius 3 is 2.25 bits per heavy atom. The van der Waals surface area contributed by atoms with Crippen LogP contribution in [0.4, 0.5) is 0 Å². The Kier molecular flexibility index (Phi) is 11.8. The molecule has 0 radical (unpaired) electrons. The Morgan fingerprint density at radius 2 is 1.70 bits per heavy atom. The molecule has 0 aromatic heterocycles. The summed E-state index contributed by atoms with van der Waals surface area (Å²) < 4.78 is 26.4. The third-order valence-corrected chi connectivity index (χ3v) is 9.20. The summed E-state index contributed by atoms with van der Waals surface area (Å²) in [6.45, 7) is 11.9. The van der Waals surface area contributed by atoms with E-state index in [1.807, 2.05) is 65.0 Å². The summed E-state index contributed by atoms with van der Waals surface area (Å²) in [7, 11) is -2.03. The lowest BCUT2D eigenvalue weighted by Crippen LogP contribution is -2.61. The average Bonchev–Trinajstić information content (AvgIpc) is 3.33. The van der Waals surface area contributed by atoms with Crippen LogP contribution in [0.3, 0.4) is 0 Å². The molecule has 1 aliphatic heterocycles. The largest absolute Gasteiger partial charge is 0.342 e. The summed E-state index contributed by atoms with van der Waals surface area (Å²) in [6.07, 6.45) is 1.97. The zero-order valence-corrected chi connectivity index (χ0v) is 26.5. The van der Waals surface area contributed by atoms with Gasteiger partial charge in [0.25, 0.3) is 0 Å². The molecule has 0 spiro atoms. The highest BCUT2D eigenvalue weighted by Crippen LogP contribution is 2.31. The molecule has 0 bridgehead atoms. The third-order valence-electron chi connectivity index (χ3n) is 7.68. The molecule has 1 heterocycles. The van der Waals surface area contributed by atoms with Gasteiger partial charge < -0.3 is 15.5 Å². The van der Waals surface area contributed by atoms with Crippen molar-refractivity contribution in [3.05, 3.63) is 35.9 Å². The van der Waals surface area contributed by atoms with Crippen LogP contribution in [-0.4, -0.2) is 73.9 Å². The highest BCUT2D eigenvalue weighted by molar-refractivity contribution is 7.90. The van der Waals surface area contributed by atoms with Gasteiger partial charge in [0.1, 0.15) is 6.04 Å². The molecule has 11 heteroatoms. The van der Waals surface area contributed by atoms with Crippen molar-refractivity contribution >= 4 is 45.3 Å². The number of amides is 3. The van der Waals surface area contributed by atoms with E-state index < -0.39 is 44.8 Å². The first-order chi connectivity index (χ1) is 18.5. The maximum Gasteiger partial charge on any atom is 0.245 e. The maximum atomic E-state index is 13.9. The minimum Gasteiger partial charge on any atom is -0.342 e. The lowest BCUT2D eigenvalue weighted by Gasteiger charge is -2.39. The molecule has 3 amide bonds. The highest BCUT2D eigenvalue weighted by Gasteiger charge is 2.43. The lowest BCUT2D eigenvalue weighted by atomic mass is 9.76. The highest BCUT2D eigenvalue weighted by atomic mass is 32.2. The van der Waals surface area contributed by atoms with Crippen molar-refractivity contribution in [2.75, 3.05) is 19.3 Å². The molecule has 1 saturated heterocycles. The van der Waals surface area contributed by atoms with Crippen LogP contribution in [0.25, 0.3) is 0 Å². The van der Waals surface area contributed by atoms with Crippen LogP contribution in [0.2, 0.25) is 0 Å². The molecule has 2 rings (SSSR count). The second-order valence-corrected chi connectivity index (χ2v) is 14.5. The fraction of sp³-hybridized carbons (Fsp3) is 0.655. The number of likely N-dealkylation sites (N-methyl/N-ethyl adjacent to an activating group) is 1. The van der Waals surface area contributed by atoms with Crippen LogP contribution >= 0.6 is 12.2 Å². The van der Waals surface area contributed by atoms with Crippen molar-refractivity contribution in [1.29, 1.82) is 0 Å². The number of benzene rings is 1. The number of rotatable bonds is 13. The molecular formula is C29H46N4O5S2. The molecule has 0 aliphatic carbocycles. The Balaban J connectivity index is 2.19. The second kappa shape index (κ2) is 14.0. The molecule has 4 atom stereocenters. The van der Waals surface area contributed by atoms with E-state index in [1.165, 1.54) is 5.37 Å². The number of likely N-dealkylation sites (tertiary alicyclic amines) is 1. The second-order valence-electron chi connectivity index (χ2n) is 12.3. The molecule has 1 aliphatic rings. The van der Waals surface area contributed by atoms with Gasteiger partial charge in [0.2, 0.25) is 27.7 Å². The van der Waals surface area contributed by atoms with Crippen molar-refractivity contribution in [1.82, 2.24) is 20.3 Å². The predicted molar refractivity (Wildman–Crippen MR) is 162 cm³/mol. The fourth-order valence-corrected chi connectivity index (χ4v) is 6.59. The fourth-order valence-electron chi connectivity index (χ4n) is 5.29. The quantitative estimate of drug-likeness (QED) is 0.300. The van der Waals surface area contributed by atoms with Gasteiger partial charge in [-0.05, 0) is 49.1 Å². The number of hydrogen-bond acceptors (Lipinski definition) is 7. The number of carbonyl (C=O) groups is 3. The van der Waals surface area contributed by atoms with Crippen molar-refractivity contribution in [2.24, 2.45) is 11.3 Å². The first-order valence-corrected chi connectivity index (χ1v) is 16.0. The SMILES string of the molecule is CN[C@H](C(=O)NC(C(=O)N1CCC[C@H]1CC(C)C(=O)NS(=O)(=O)CCC=S)C(C)(C)C)C(C)(C)c1ccccc1. The summed E-state index contributed by atoms with van der Waals surface area (Å²) in [5.74, 6) is -1.93. The van der Waals surface area contributed by atoms with Gasteiger partial charge in [-0.15, -0.1) is 0 Å². The standard InChI is InChI=1S/C29H46N4O5S2/c1-20(25(34)32-40(37,38)18-12-17-39)19-22-15-11-16-33(22)27(36)24(28(2,3)4)31-26(35)23(30-7)29(5,6)21-13-9-8-10-14-21/h8-10,13-14,17,20,22-24,30H,11-12,15-16,18-19H2,1-7H3,(H,31,35)(H,32,34)/t20?,22-,23+,24?/m0/s1. The third kappa shape index (κ3) is 8.81. The molecule has 2 unspecified atom stereocenters. The summed E-state index contributed by atoms with van der Waals surface area (Å²) in [4.78, 5) is 42.0. The Hall–Kier alpha value is -2.37. The first-order valence-electron chi connectivity index (χ1n) is 13.9. The van der Waals surface area contributed by atoms with E-state index >= 15 is 0 Å². The van der Waals surface area contributed by atoms with Crippen LogP contribution < -0.4 is 15.4 Å². The number of nitrogens with one attached hydrogen (secondary N) is 3. The Morgan fingerprint density at radius 1 is 1.07 bits per heavy atom. The predicted octanol–water partition coefficient (Wildman–Crippen LogP) is 2.94. The van der Waals surface area contributed by atoms with Crippen LogP contribution in [-0.2, 0) is 29.8 Å². The zero-order valence-electron chi connectivity index (χ0n) is 24.8. The summed E-state index contributed by atoms with van der Waals surface area (Å²) >= 11 is 4.68. The zero-order chi connectivity index (χ0) is 30.3. The molecular weight excluding hydrogens is 548 g/mol. The van der Waals surface area contributed by atoms with Gasteiger partial charge in [-0.2, -0.15) is 0 Å². The van der Waals surface area contributed by atoms with Crippen molar-refractivity contribution in [3.8, 4) is 0 Å². The average molecular weight is 595 g/mol. The van der Waals surface area contributed by atoms with Gasteiger partial charge in [0, 0.05) is 23.9 Å². The molecule has 40 heavy (non-hydrogen) atoms. The van der Waals surface area contributed by atoms with E-state index in [0.717, 1.165) is 12.0 Å². The van der Waals surface area contributed by atoms with Gasteiger partial charge in [-0.3, -0.25) is 19.1 Å². The maximum absolute atomic E-state index is 13.9. The lowest BCUT2D eigenvalue weighted by molar-refractivity contribution is -0.141. The number of carbonyl (C=O) groups excluding carboxylic acids is 3. The number of sulfonamides is 1. The first kappa shape index (κ1) is 33.8. The normalized spacial score (nSPS) is 18.5. The van der Waals surface area contributed by atoms with E-state index in [-0.39, 0.29) is 30.0 Å². The number of nitrogens with zero attached hydrogens (tertiary/aromatic N) is 1. The number of hydrogen-bond donors (Lipinski definition) is 3. The van der Waals surface area contributed by atoms with Gasteiger partial charge in [0.15, 0.2) is 0 Å². The summed E-state index contributed by atoms with van der Waals surface area (Å²) in [5.41, 5.74) is -0.124. The molecule has 224 valence electrons. The minimum atomic E-state index is -3.77. The summed E-state index contributed by atoms with van der Waals surface area (Å²) in [6, 6.07) is 8.16. The van der Waals surface area contributed by atoms with Crippen molar-refractivity contribution in [3.63, 3.8) is 0 Å². The smallest absolute Gasteiger partial charge is 0.245 e. The Bertz CT molecular complexity index is 1150. The van der Waals surface area contributed by atoms with E-state index in [0.29, 0.717) is 19.4 Å². The van der Waals surface area contributed by atoms with Crippen molar-refractivity contribution in [2.45, 2.75) is 90.8 Å². The van der Waals surface area contributed by atoms with E-state index in [4.69, 9.17) is 0 Å². The molecule has 1 fully saturated rings. The van der Waals surface area contributed by atoms with Crippen LogP contribution in [0.5, 0.6) is 0 Å². The summed E-state index contributed by atoms with van der Waals surface area (Å²) in [5, 5.41) is 7.51. The topological polar surface area (TPSA) is 125 Å². The molecule has 0 saturated carbocycles.